The summed E-state index contributed by atoms with van der Waals surface area (Å²) < 4.78 is 0. The summed E-state index contributed by atoms with van der Waals surface area (Å²) in [5.74, 6) is 1.67. The largest absolute Gasteiger partial charge is 0.356 e. The Kier molecular flexibility index (Phi) is 9.78. The molecule has 1 fully saturated rings. The van der Waals surface area contributed by atoms with E-state index in [9.17, 15) is 0 Å². The molecule has 19 heavy (non-hydrogen) atoms. The molecule has 1 heterocycles. The van der Waals surface area contributed by atoms with E-state index in [0.29, 0.717) is 12.1 Å². The molecule has 1 aliphatic heterocycles. The first-order chi connectivity index (χ1) is 8.52. The first kappa shape index (κ1) is 19.0. The van der Waals surface area contributed by atoms with Crippen molar-refractivity contribution in [2.45, 2.75) is 52.6 Å². The fourth-order valence-corrected chi connectivity index (χ4v) is 2.44. The third-order valence-electron chi connectivity index (χ3n) is 3.49. The summed E-state index contributed by atoms with van der Waals surface area (Å²) in [4.78, 5) is 6.83. The first-order valence-electron chi connectivity index (χ1n) is 7.24. The lowest BCUT2D eigenvalue weighted by Gasteiger charge is -2.35. The molecule has 0 amide bonds. The van der Waals surface area contributed by atoms with Crippen LogP contribution in [0.5, 0.6) is 0 Å². The molecular formula is C14H31IN4. The second-order valence-corrected chi connectivity index (χ2v) is 5.85. The lowest BCUT2D eigenvalue weighted by Crippen LogP contribution is -2.47. The van der Waals surface area contributed by atoms with Gasteiger partial charge in [-0.2, -0.15) is 0 Å². The zero-order chi connectivity index (χ0) is 13.5. The van der Waals surface area contributed by atoms with E-state index in [0.717, 1.165) is 18.4 Å². The van der Waals surface area contributed by atoms with Gasteiger partial charge in [0.25, 0.3) is 0 Å². The number of nitrogens with one attached hydrogen (secondary N) is 2. The van der Waals surface area contributed by atoms with Gasteiger partial charge in [0.15, 0.2) is 5.96 Å². The molecule has 0 aliphatic carbocycles. The quantitative estimate of drug-likeness (QED) is 0.445. The van der Waals surface area contributed by atoms with E-state index in [1.807, 2.05) is 7.05 Å². The van der Waals surface area contributed by atoms with Crippen molar-refractivity contribution in [3.8, 4) is 0 Å². The van der Waals surface area contributed by atoms with Gasteiger partial charge in [-0.25, -0.2) is 0 Å². The molecule has 2 N–H and O–H groups in total. The number of aliphatic imine (C=N–C) groups is 1. The molecule has 1 unspecified atom stereocenters. The van der Waals surface area contributed by atoms with Crippen molar-refractivity contribution in [2.75, 3.05) is 26.7 Å². The highest BCUT2D eigenvalue weighted by atomic mass is 127. The van der Waals surface area contributed by atoms with Gasteiger partial charge >= 0.3 is 0 Å². The summed E-state index contributed by atoms with van der Waals surface area (Å²) in [5, 5.41) is 6.77. The third-order valence-corrected chi connectivity index (χ3v) is 3.49. The van der Waals surface area contributed by atoms with E-state index in [1.54, 1.807) is 0 Å². The predicted molar refractivity (Wildman–Crippen MR) is 94.5 cm³/mol. The van der Waals surface area contributed by atoms with E-state index in [1.165, 1.54) is 25.9 Å². The van der Waals surface area contributed by atoms with E-state index in [-0.39, 0.29) is 24.0 Å². The predicted octanol–water partition coefficient (Wildman–Crippen LogP) is 2.30. The fraction of sp³-hybridized carbons (Fsp3) is 0.929. The average Bonchev–Trinajstić information content (AvgIpc) is 2.34. The van der Waals surface area contributed by atoms with Crippen LogP contribution in [0.4, 0.5) is 0 Å². The van der Waals surface area contributed by atoms with Crippen LogP contribution in [-0.4, -0.2) is 49.6 Å². The van der Waals surface area contributed by atoms with Gasteiger partial charge < -0.3 is 15.5 Å². The smallest absolute Gasteiger partial charge is 0.191 e. The number of halogens is 1. The van der Waals surface area contributed by atoms with Crippen LogP contribution in [0.25, 0.3) is 0 Å². The summed E-state index contributed by atoms with van der Waals surface area (Å²) in [6.07, 6.45) is 2.65. The van der Waals surface area contributed by atoms with Gasteiger partial charge in [0.2, 0.25) is 0 Å². The summed E-state index contributed by atoms with van der Waals surface area (Å²) >= 11 is 0. The Balaban J connectivity index is 0.00000324. The van der Waals surface area contributed by atoms with Gasteiger partial charge in [0, 0.05) is 32.2 Å². The maximum atomic E-state index is 4.25. The minimum atomic E-state index is 0. The zero-order valence-corrected chi connectivity index (χ0v) is 15.4. The normalized spacial score (nSPS) is 21.4. The number of guanidine groups is 1. The summed E-state index contributed by atoms with van der Waals surface area (Å²) in [6.45, 7) is 12.3. The molecule has 0 aromatic heterocycles. The Hall–Kier alpha value is -0.0400. The monoisotopic (exact) mass is 382 g/mol. The number of rotatable bonds is 4. The second-order valence-electron chi connectivity index (χ2n) is 5.85. The Morgan fingerprint density at radius 1 is 1.32 bits per heavy atom. The van der Waals surface area contributed by atoms with Gasteiger partial charge in [0.05, 0.1) is 0 Å². The van der Waals surface area contributed by atoms with Gasteiger partial charge in [-0.1, -0.05) is 0 Å². The number of piperidine rings is 1. The number of nitrogens with zero attached hydrogens (tertiary/aromatic N) is 2. The van der Waals surface area contributed by atoms with E-state index >= 15 is 0 Å². The molecular weight excluding hydrogens is 351 g/mol. The van der Waals surface area contributed by atoms with Crippen LogP contribution in [0.2, 0.25) is 0 Å². The maximum Gasteiger partial charge on any atom is 0.191 e. The van der Waals surface area contributed by atoms with E-state index in [2.05, 4.69) is 48.2 Å². The third kappa shape index (κ3) is 7.34. The average molecular weight is 382 g/mol. The minimum Gasteiger partial charge on any atom is -0.356 e. The van der Waals surface area contributed by atoms with Gasteiger partial charge in [0.1, 0.15) is 0 Å². The SMILES string of the molecule is CN=C(NCC1CCCN(C(C)C)C1)NC(C)C.I. The number of hydrogen-bond donors (Lipinski definition) is 2. The molecule has 0 spiro atoms. The summed E-state index contributed by atoms with van der Waals surface area (Å²) in [5.41, 5.74) is 0. The molecule has 0 saturated carbocycles. The van der Waals surface area contributed by atoms with Crippen LogP contribution in [-0.2, 0) is 0 Å². The van der Waals surface area contributed by atoms with Crippen LogP contribution >= 0.6 is 24.0 Å². The summed E-state index contributed by atoms with van der Waals surface area (Å²) in [6, 6.07) is 1.09. The Bertz CT molecular complexity index is 266. The molecule has 0 bridgehead atoms. The van der Waals surface area contributed by atoms with Gasteiger partial charge in [-0.3, -0.25) is 4.99 Å². The van der Waals surface area contributed by atoms with E-state index < -0.39 is 0 Å². The number of likely N-dealkylation sites (tertiary alicyclic amines) is 1. The molecule has 1 saturated heterocycles. The topological polar surface area (TPSA) is 39.7 Å². The number of hydrogen-bond acceptors (Lipinski definition) is 2. The molecule has 1 aliphatic rings. The lowest BCUT2D eigenvalue weighted by molar-refractivity contribution is 0.141. The van der Waals surface area contributed by atoms with Gasteiger partial charge in [-0.05, 0) is 53.0 Å². The van der Waals surface area contributed by atoms with Crippen LogP contribution in [0.1, 0.15) is 40.5 Å². The van der Waals surface area contributed by atoms with Crippen LogP contribution in [0.15, 0.2) is 4.99 Å². The first-order valence-corrected chi connectivity index (χ1v) is 7.24. The van der Waals surface area contributed by atoms with Crippen molar-refractivity contribution < 1.29 is 0 Å². The van der Waals surface area contributed by atoms with Gasteiger partial charge in [-0.15, -0.1) is 24.0 Å². The zero-order valence-electron chi connectivity index (χ0n) is 13.1. The Labute approximate surface area is 135 Å². The fourth-order valence-electron chi connectivity index (χ4n) is 2.44. The van der Waals surface area contributed by atoms with Crippen molar-refractivity contribution in [3.05, 3.63) is 0 Å². The van der Waals surface area contributed by atoms with Crippen molar-refractivity contribution in [1.29, 1.82) is 0 Å². The minimum absolute atomic E-state index is 0. The molecule has 114 valence electrons. The lowest BCUT2D eigenvalue weighted by atomic mass is 9.97. The van der Waals surface area contributed by atoms with Crippen LogP contribution < -0.4 is 10.6 Å². The second kappa shape index (κ2) is 9.80. The highest BCUT2D eigenvalue weighted by Gasteiger charge is 2.21. The summed E-state index contributed by atoms with van der Waals surface area (Å²) in [7, 11) is 1.83. The van der Waals surface area contributed by atoms with Crippen molar-refractivity contribution in [1.82, 2.24) is 15.5 Å². The van der Waals surface area contributed by atoms with Crippen molar-refractivity contribution in [2.24, 2.45) is 10.9 Å². The highest BCUT2D eigenvalue weighted by Crippen LogP contribution is 2.17. The molecule has 0 radical (unpaired) electrons. The molecule has 4 nitrogen and oxygen atoms in total. The van der Waals surface area contributed by atoms with Crippen molar-refractivity contribution in [3.63, 3.8) is 0 Å². The standard InChI is InChI=1S/C14H30N4.HI/c1-11(2)17-14(15-5)16-9-13-7-6-8-18(10-13)12(3)4;/h11-13H,6-10H2,1-5H3,(H2,15,16,17);1H. The van der Waals surface area contributed by atoms with Crippen LogP contribution in [0, 0.1) is 5.92 Å². The van der Waals surface area contributed by atoms with Crippen molar-refractivity contribution >= 4 is 29.9 Å². The molecule has 1 atom stereocenters. The maximum absolute atomic E-state index is 4.25. The molecule has 0 aromatic rings. The molecule has 5 heteroatoms. The Morgan fingerprint density at radius 2 is 2.00 bits per heavy atom. The highest BCUT2D eigenvalue weighted by molar-refractivity contribution is 14.0. The molecule has 1 rings (SSSR count). The van der Waals surface area contributed by atoms with E-state index in [4.69, 9.17) is 0 Å². The van der Waals surface area contributed by atoms with Crippen LogP contribution in [0.3, 0.4) is 0 Å². The molecule has 0 aromatic carbocycles. The Morgan fingerprint density at radius 3 is 2.53 bits per heavy atom.